The smallest absolute Gasteiger partial charge is 0.0465 e. The van der Waals surface area contributed by atoms with Crippen molar-refractivity contribution in [2.24, 2.45) is 11.8 Å². The first-order valence-electron chi connectivity index (χ1n) is 24.2. The maximum atomic E-state index is 3.95. The molecule has 0 aliphatic heterocycles. The van der Waals surface area contributed by atoms with Crippen LogP contribution in [0.25, 0.3) is 17.2 Å². The Bertz CT molecular complexity index is 2660. The lowest BCUT2D eigenvalue weighted by Crippen LogP contribution is -2.40. The van der Waals surface area contributed by atoms with Crippen molar-refractivity contribution in [3.8, 4) is 11.1 Å². The number of anilines is 6. The fourth-order valence-corrected chi connectivity index (χ4v) is 12.0. The lowest BCUT2D eigenvalue weighted by atomic mass is 9.56. The molecule has 0 aromatic heterocycles. The Morgan fingerprint density at radius 3 is 1.66 bits per heavy atom. The molecule has 0 radical (unpaired) electrons. The maximum Gasteiger partial charge on any atom is 0.0465 e. The van der Waals surface area contributed by atoms with Gasteiger partial charge in [-0.05, 0) is 186 Å². The van der Waals surface area contributed by atoms with Crippen LogP contribution in [-0.4, -0.2) is 0 Å². The van der Waals surface area contributed by atoms with E-state index in [4.69, 9.17) is 0 Å². The molecule has 3 aliphatic rings. The third-order valence-electron chi connectivity index (χ3n) is 15.3. The van der Waals surface area contributed by atoms with E-state index in [0.29, 0.717) is 0 Å². The maximum absolute atomic E-state index is 3.95. The quantitative estimate of drug-likeness (QED) is 0.108. The first kappa shape index (κ1) is 41.9. The number of unbranched alkanes of at least 4 members (excludes halogenated alkanes) is 1. The Kier molecular flexibility index (Phi) is 11.6. The van der Waals surface area contributed by atoms with Crippen LogP contribution in [0.5, 0.6) is 0 Å². The second kappa shape index (κ2) is 17.8. The Balaban J connectivity index is 0.975. The number of nitrogens with zero attached hydrogens (tertiary/aromatic N) is 2. The summed E-state index contributed by atoms with van der Waals surface area (Å²) in [5.41, 5.74) is 18.2. The Morgan fingerprint density at radius 2 is 1.09 bits per heavy atom. The average Bonchev–Trinajstić information content (AvgIpc) is 3.56. The highest BCUT2D eigenvalue weighted by atomic mass is 15.1. The van der Waals surface area contributed by atoms with Gasteiger partial charge in [-0.1, -0.05) is 150 Å². The molecule has 3 unspecified atom stereocenters. The van der Waals surface area contributed by atoms with Crippen LogP contribution in [0.4, 0.5) is 34.1 Å². The summed E-state index contributed by atoms with van der Waals surface area (Å²) in [7, 11) is 0. The number of hydrogen-bond acceptors (Lipinski definition) is 2. The molecule has 10 rings (SSSR count). The number of hydrogen-bond donors (Lipinski definition) is 0. The molecule has 64 heavy (non-hydrogen) atoms. The second-order valence-corrected chi connectivity index (χ2v) is 19.8. The molecular weight excluding hydrogens is 773 g/mol. The van der Waals surface area contributed by atoms with Crippen molar-refractivity contribution in [3.05, 3.63) is 210 Å². The van der Waals surface area contributed by atoms with Crippen LogP contribution in [0.1, 0.15) is 112 Å². The third-order valence-corrected chi connectivity index (χ3v) is 15.3. The lowest BCUT2D eigenvalue weighted by molar-refractivity contribution is 0.0983. The minimum atomic E-state index is -0.196. The second-order valence-electron chi connectivity index (χ2n) is 19.8. The van der Waals surface area contributed by atoms with Crippen molar-refractivity contribution in [3.63, 3.8) is 0 Å². The van der Waals surface area contributed by atoms with E-state index in [2.05, 4.69) is 207 Å². The topological polar surface area (TPSA) is 6.48 Å². The van der Waals surface area contributed by atoms with Crippen LogP contribution in [0.2, 0.25) is 0 Å². The van der Waals surface area contributed by atoms with Gasteiger partial charge in [0.05, 0.1) is 0 Å². The van der Waals surface area contributed by atoms with E-state index in [1.807, 2.05) is 6.08 Å². The molecule has 3 aliphatic carbocycles. The molecule has 7 aromatic rings. The molecule has 2 heteroatoms. The van der Waals surface area contributed by atoms with Crippen molar-refractivity contribution >= 4 is 40.2 Å². The van der Waals surface area contributed by atoms with E-state index in [0.717, 1.165) is 29.6 Å². The highest BCUT2D eigenvalue weighted by Gasteiger charge is 2.44. The zero-order chi connectivity index (χ0) is 43.7. The van der Waals surface area contributed by atoms with E-state index in [1.165, 1.54) is 126 Å². The first-order valence-corrected chi connectivity index (χ1v) is 24.2. The predicted molar refractivity (Wildman–Crippen MR) is 273 cm³/mol. The van der Waals surface area contributed by atoms with E-state index in [1.54, 1.807) is 5.56 Å². The van der Waals surface area contributed by atoms with E-state index in [-0.39, 0.29) is 10.8 Å². The predicted octanol–water partition coefficient (Wildman–Crippen LogP) is 17.4. The molecule has 0 saturated heterocycles. The molecule has 2 saturated carbocycles. The number of para-hydroxylation sites is 2. The summed E-state index contributed by atoms with van der Waals surface area (Å²) in [6, 6.07) is 64.2. The first-order chi connectivity index (χ1) is 31.3. The van der Waals surface area contributed by atoms with E-state index in [9.17, 15) is 0 Å². The highest BCUT2D eigenvalue weighted by Crippen LogP contribution is 2.55. The average molecular weight is 837 g/mol. The molecule has 2 bridgehead atoms. The van der Waals surface area contributed by atoms with E-state index < -0.39 is 0 Å². The van der Waals surface area contributed by atoms with Crippen LogP contribution in [-0.2, 0) is 23.7 Å². The summed E-state index contributed by atoms with van der Waals surface area (Å²) >= 11 is 0. The molecule has 322 valence electrons. The van der Waals surface area contributed by atoms with Gasteiger partial charge in [-0.3, -0.25) is 0 Å². The van der Waals surface area contributed by atoms with Crippen molar-refractivity contribution in [1.29, 1.82) is 0 Å². The van der Waals surface area contributed by atoms with Gasteiger partial charge in [-0.15, -0.1) is 0 Å². The van der Waals surface area contributed by atoms with Gasteiger partial charge in [0.15, 0.2) is 0 Å². The minimum absolute atomic E-state index is 0.196. The molecule has 0 spiro atoms. The summed E-state index contributed by atoms with van der Waals surface area (Å²) in [5, 5.41) is 0. The van der Waals surface area contributed by atoms with Gasteiger partial charge >= 0.3 is 0 Å². The van der Waals surface area contributed by atoms with Crippen molar-refractivity contribution in [2.75, 3.05) is 9.80 Å². The van der Waals surface area contributed by atoms with Crippen molar-refractivity contribution in [2.45, 2.75) is 102 Å². The molecule has 2 nitrogen and oxygen atoms in total. The largest absolute Gasteiger partial charge is 0.310 e. The molecule has 0 amide bonds. The van der Waals surface area contributed by atoms with Gasteiger partial charge in [0.25, 0.3) is 0 Å². The highest BCUT2D eigenvalue weighted by molar-refractivity contribution is 5.88. The Labute approximate surface area is 383 Å². The van der Waals surface area contributed by atoms with E-state index >= 15 is 0 Å². The van der Waals surface area contributed by atoms with Gasteiger partial charge in [-0.2, -0.15) is 0 Å². The fraction of sp³-hybridized carbons (Fsp3) is 0.290. The normalized spacial score (nSPS) is 19.4. The molecule has 2 fully saturated rings. The number of rotatable bonds is 14. The fourth-order valence-electron chi connectivity index (χ4n) is 12.0. The van der Waals surface area contributed by atoms with Crippen LogP contribution < -0.4 is 9.80 Å². The zero-order valence-electron chi connectivity index (χ0n) is 38.3. The minimum Gasteiger partial charge on any atom is -0.310 e. The number of aryl methyl sites for hydroxylation is 2. The zero-order valence-corrected chi connectivity index (χ0v) is 38.3. The summed E-state index contributed by atoms with van der Waals surface area (Å²) in [4.78, 5) is 4.89. The summed E-state index contributed by atoms with van der Waals surface area (Å²) in [6.07, 6.45) is 16.0. The molecule has 0 heterocycles. The molecular formula is C62H64N2. The summed E-state index contributed by atoms with van der Waals surface area (Å²) in [6.45, 7) is 11.1. The van der Waals surface area contributed by atoms with Crippen molar-refractivity contribution in [1.82, 2.24) is 0 Å². The SMILES string of the molecule is C=Cc1ccc(CCC2CC3CCCC(c4ccc(N(c5ccc(CCCC)cc5)c5ccc6c(c5)C(C)(C)c5cc(N(c7ccccc7)c7ccccc7)ccc5-6)cc4)(C3)C2)cc1. The number of fused-ring (bicyclic) bond motifs is 5. The summed E-state index contributed by atoms with van der Waals surface area (Å²) in [5.74, 6) is 1.61. The monoisotopic (exact) mass is 837 g/mol. The molecule has 3 atom stereocenters. The number of benzene rings is 7. The van der Waals surface area contributed by atoms with Crippen LogP contribution in [0, 0.1) is 11.8 Å². The van der Waals surface area contributed by atoms with Crippen LogP contribution in [0.15, 0.2) is 176 Å². The van der Waals surface area contributed by atoms with Gasteiger partial charge in [0.2, 0.25) is 0 Å². The standard InChI is InChI=1S/C62H64N2/c1-5-7-15-46-27-31-53(32-28-46)64(54-33-29-50(30-34-54)62-39-14-16-48(43-62)40-49(44-62)26-25-47-23-21-45(6-2)22-24-47)56-36-38-58-57-37-35-55(41-59(57)61(3,4)60(58)42-56)63(51-17-10-8-11-18-51)52-19-12-9-13-20-52/h6,8-13,17-24,27-38,41-42,48-49H,2,5,7,14-16,25-26,39-40,43-44H2,1,3-4H3. The third kappa shape index (κ3) is 8.13. The molecule has 7 aromatic carbocycles. The van der Waals surface area contributed by atoms with Crippen LogP contribution in [0.3, 0.4) is 0 Å². The van der Waals surface area contributed by atoms with Gasteiger partial charge in [0.1, 0.15) is 0 Å². The van der Waals surface area contributed by atoms with Gasteiger partial charge in [0, 0.05) is 39.5 Å². The van der Waals surface area contributed by atoms with Crippen molar-refractivity contribution < 1.29 is 0 Å². The summed E-state index contributed by atoms with van der Waals surface area (Å²) < 4.78 is 0. The molecule has 0 N–H and O–H groups in total. The Morgan fingerprint density at radius 1 is 0.578 bits per heavy atom. The van der Waals surface area contributed by atoms with Gasteiger partial charge in [-0.25, -0.2) is 0 Å². The van der Waals surface area contributed by atoms with Gasteiger partial charge < -0.3 is 9.80 Å². The Hall–Kier alpha value is -6.12. The lowest BCUT2D eigenvalue weighted by Gasteiger charge is -2.49. The van der Waals surface area contributed by atoms with Crippen LogP contribution >= 0.6 is 0 Å².